The summed E-state index contributed by atoms with van der Waals surface area (Å²) >= 11 is 0. The van der Waals surface area contributed by atoms with Gasteiger partial charge in [-0.1, -0.05) is 44.9 Å². The van der Waals surface area contributed by atoms with Crippen LogP contribution in [0.4, 0.5) is 13.2 Å². The second-order valence-corrected chi connectivity index (χ2v) is 4.60. The number of rotatable bonds is 5. The maximum atomic E-state index is 12.8. The molecule has 0 spiro atoms. The van der Waals surface area contributed by atoms with Gasteiger partial charge < -0.3 is 10.2 Å². The molecule has 0 aliphatic rings. The Morgan fingerprint density at radius 3 is 2.05 bits per heavy atom. The van der Waals surface area contributed by atoms with Crippen LogP contribution in [-0.4, -0.2) is 16.3 Å². The molecule has 5 heteroatoms. The minimum absolute atomic E-state index is 0.226. The second-order valence-electron chi connectivity index (χ2n) is 4.60. The number of halogens is 3. The number of hydrogen-bond acceptors (Lipinski definition) is 2. The lowest BCUT2D eigenvalue weighted by atomic mass is 9.88. The van der Waals surface area contributed by atoms with Gasteiger partial charge in [-0.2, -0.15) is 13.2 Å². The lowest BCUT2D eigenvalue weighted by Crippen LogP contribution is -2.28. The van der Waals surface area contributed by atoms with Gasteiger partial charge in [0.05, 0.1) is 11.7 Å². The molecule has 0 saturated carbocycles. The number of hydrogen-bond donors (Lipinski definition) is 2. The first-order valence-corrected chi connectivity index (χ1v) is 6.35. The number of aliphatic hydroxyl groups is 2. The molecule has 2 nitrogen and oxygen atoms in total. The molecule has 0 radical (unpaired) electrons. The molecule has 1 aromatic carbocycles. The molecular weight excluding hydrogens is 257 g/mol. The Morgan fingerprint density at radius 1 is 1.05 bits per heavy atom. The van der Waals surface area contributed by atoms with Crippen molar-refractivity contribution < 1.29 is 23.4 Å². The monoisotopic (exact) mass is 276 g/mol. The summed E-state index contributed by atoms with van der Waals surface area (Å²) in [6.45, 7) is 3.67. The van der Waals surface area contributed by atoms with Crippen molar-refractivity contribution in [3.63, 3.8) is 0 Å². The zero-order valence-electron chi connectivity index (χ0n) is 11.0. The zero-order valence-corrected chi connectivity index (χ0v) is 11.0. The van der Waals surface area contributed by atoms with Crippen molar-refractivity contribution in [2.45, 2.75) is 45.1 Å². The van der Waals surface area contributed by atoms with Crippen LogP contribution in [0.2, 0.25) is 0 Å². The maximum absolute atomic E-state index is 12.8. The highest BCUT2D eigenvalue weighted by molar-refractivity contribution is 5.32. The molecule has 0 aromatic heterocycles. The molecule has 1 rings (SSSR count). The third kappa shape index (κ3) is 3.70. The molecule has 0 fully saturated rings. The van der Waals surface area contributed by atoms with E-state index >= 15 is 0 Å². The quantitative estimate of drug-likeness (QED) is 0.863. The average molecular weight is 276 g/mol. The summed E-state index contributed by atoms with van der Waals surface area (Å²) < 4.78 is 38.5. The fourth-order valence-corrected chi connectivity index (χ4v) is 2.23. The Labute approximate surface area is 110 Å². The van der Waals surface area contributed by atoms with Crippen molar-refractivity contribution in [3.05, 3.63) is 35.4 Å². The van der Waals surface area contributed by atoms with E-state index in [-0.39, 0.29) is 11.5 Å². The van der Waals surface area contributed by atoms with Crippen molar-refractivity contribution in [2.75, 3.05) is 0 Å². The number of benzene rings is 1. The van der Waals surface area contributed by atoms with E-state index in [1.54, 1.807) is 0 Å². The van der Waals surface area contributed by atoms with Gasteiger partial charge in [0.2, 0.25) is 0 Å². The van der Waals surface area contributed by atoms with E-state index in [4.69, 9.17) is 0 Å². The molecule has 0 saturated heterocycles. The SMILES string of the molecule is CCC(CC)C(O)C(O)c1ccccc1C(F)(F)F. The Morgan fingerprint density at radius 2 is 1.58 bits per heavy atom. The van der Waals surface area contributed by atoms with Gasteiger partial charge in [-0.3, -0.25) is 0 Å². The van der Waals surface area contributed by atoms with Gasteiger partial charge in [0, 0.05) is 0 Å². The van der Waals surface area contributed by atoms with E-state index in [0.29, 0.717) is 12.8 Å². The van der Waals surface area contributed by atoms with E-state index < -0.39 is 23.9 Å². The number of aliphatic hydroxyl groups excluding tert-OH is 2. The molecule has 108 valence electrons. The predicted octanol–water partition coefficient (Wildman–Crippen LogP) is 3.54. The summed E-state index contributed by atoms with van der Waals surface area (Å²) in [7, 11) is 0. The van der Waals surface area contributed by atoms with Crippen LogP contribution >= 0.6 is 0 Å². The smallest absolute Gasteiger partial charge is 0.390 e. The van der Waals surface area contributed by atoms with Gasteiger partial charge in [-0.25, -0.2) is 0 Å². The van der Waals surface area contributed by atoms with Crippen LogP contribution in [0.25, 0.3) is 0 Å². The summed E-state index contributed by atoms with van der Waals surface area (Å²) in [6, 6.07) is 4.81. The highest BCUT2D eigenvalue weighted by Gasteiger charge is 2.37. The van der Waals surface area contributed by atoms with Gasteiger partial charge in [-0.05, 0) is 17.5 Å². The third-order valence-corrected chi connectivity index (χ3v) is 3.44. The zero-order chi connectivity index (χ0) is 14.6. The summed E-state index contributed by atoms with van der Waals surface area (Å²) in [5.74, 6) is -0.226. The summed E-state index contributed by atoms with van der Waals surface area (Å²) in [5, 5.41) is 20.0. The normalized spacial score (nSPS) is 15.6. The van der Waals surface area contributed by atoms with E-state index in [2.05, 4.69) is 0 Å². The lowest BCUT2D eigenvalue weighted by Gasteiger charge is -2.27. The summed E-state index contributed by atoms with van der Waals surface area (Å²) in [6.07, 6.45) is -6.06. The molecule has 2 atom stereocenters. The minimum atomic E-state index is -4.54. The molecule has 1 aromatic rings. The second kappa shape index (κ2) is 6.39. The van der Waals surface area contributed by atoms with Crippen LogP contribution in [-0.2, 0) is 6.18 Å². The minimum Gasteiger partial charge on any atom is -0.390 e. The van der Waals surface area contributed by atoms with Crippen LogP contribution in [0.3, 0.4) is 0 Å². The molecular formula is C14H19F3O2. The van der Waals surface area contributed by atoms with Crippen molar-refractivity contribution in [1.82, 2.24) is 0 Å². The van der Waals surface area contributed by atoms with Crippen LogP contribution in [0.5, 0.6) is 0 Å². The average Bonchev–Trinajstić information content (AvgIpc) is 2.38. The van der Waals surface area contributed by atoms with E-state index in [0.717, 1.165) is 6.07 Å². The van der Waals surface area contributed by atoms with E-state index in [1.807, 2.05) is 13.8 Å². The highest BCUT2D eigenvalue weighted by Crippen LogP contribution is 2.36. The van der Waals surface area contributed by atoms with E-state index in [9.17, 15) is 23.4 Å². The molecule has 2 N–H and O–H groups in total. The lowest BCUT2D eigenvalue weighted by molar-refractivity contribution is -0.140. The molecule has 0 bridgehead atoms. The molecule has 19 heavy (non-hydrogen) atoms. The Balaban J connectivity index is 3.09. The first-order valence-electron chi connectivity index (χ1n) is 6.35. The van der Waals surface area contributed by atoms with E-state index in [1.165, 1.54) is 18.2 Å². The van der Waals surface area contributed by atoms with Gasteiger partial charge in [0.15, 0.2) is 0 Å². The largest absolute Gasteiger partial charge is 0.416 e. The molecule has 0 amide bonds. The molecule has 0 aliphatic carbocycles. The predicted molar refractivity (Wildman–Crippen MR) is 66.5 cm³/mol. The van der Waals surface area contributed by atoms with Crippen LogP contribution in [0.15, 0.2) is 24.3 Å². The van der Waals surface area contributed by atoms with Gasteiger partial charge >= 0.3 is 6.18 Å². The van der Waals surface area contributed by atoms with Crippen molar-refractivity contribution in [3.8, 4) is 0 Å². The van der Waals surface area contributed by atoms with Gasteiger partial charge in [0.1, 0.15) is 6.10 Å². The summed E-state index contributed by atoms with van der Waals surface area (Å²) in [4.78, 5) is 0. The molecule has 0 aliphatic heterocycles. The fraction of sp³-hybridized carbons (Fsp3) is 0.571. The van der Waals surface area contributed by atoms with Crippen LogP contribution in [0.1, 0.15) is 43.9 Å². The van der Waals surface area contributed by atoms with Crippen LogP contribution < -0.4 is 0 Å². The standard InChI is InChI=1S/C14H19F3O2/c1-3-9(4-2)12(18)13(19)10-7-5-6-8-11(10)14(15,16)17/h5-9,12-13,18-19H,3-4H2,1-2H3. The first kappa shape index (κ1) is 16.0. The highest BCUT2D eigenvalue weighted by atomic mass is 19.4. The van der Waals surface area contributed by atoms with Crippen LogP contribution in [0, 0.1) is 5.92 Å². The molecule has 0 heterocycles. The summed E-state index contributed by atoms with van der Waals surface area (Å²) in [5.41, 5.74) is -1.16. The first-order chi connectivity index (χ1) is 8.82. The van der Waals surface area contributed by atoms with Gasteiger partial charge in [-0.15, -0.1) is 0 Å². The van der Waals surface area contributed by atoms with Crippen molar-refractivity contribution >= 4 is 0 Å². The van der Waals surface area contributed by atoms with Crippen molar-refractivity contribution in [2.24, 2.45) is 5.92 Å². The van der Waals surface area contributed by atoms with Gasteiger partial charge in [0.25, 0.3) is 0 Å². The van der Waals surface area contributed by atoms with Crippen molar-refractivity contribution in [1.29, 1.82) is 0 Å². The Kier molecular flexibility index (Phi) is 5.38. The maximum Gasteiger partial charge on any atom is 0.416 e. The fourth-order valence-electron chi connectivity index (χ4n) is 2.23. The molecule has 2 unspecified atom stereocenters. The Bertz CT molecular complexity index is 400. The topological polar surface area (TPSA) is 40.5 Å². The number of alkyl halides is 3. The Hall–Kier alpha value is -1.07. The third-order valence-electron chi connectivity index (χ3n) is 3.44.